The summed E-state index contributed by atoms with van der Waals surface area (Å²) in [6.07, 6.45) is 0.933. The lowest BCUT2D eigenvalue weighted by Gasteiger charge is -2.06. The Bertz CT molecular complexity index is 717. The van der Waals surface area contributed by atoms with Gasteiger partial charge in [-0.1, -0.05) is 0 Å². The minimum absolute atomic E-state index is 0.0950. The van der Waals surface area contributed by atoms with Crippen molar-refractivity contribution in [3.05, 3.63) is 46.3 Å². The highest BCUT2D eigenvalue weighted by atomic mass is 19.3. The zero-order valence-corrected chi connectivity index (χ0v) is 11.2. The van der Waals surface area contributed by atoms with Gasteiger partial charge in [0.05, 0.1) is 18.1 Å². The lowest BCUT2D eigenvalue weighted by molar-refractivity contribution is -0.384. The number of amides is 1. The Morgan fingerprint density at radius 2 is 2.18 bits per heavy atom. The molecule has 8 nitrogen and oxygen atoms in total. The van der Waals surface area contributed by atoms with Crippen LogP contribution in [0.3, 0.4) is 0 Å². The quantitative estimate of drug-likeness (QED) is 0.675. The SMILES string of the molecule is COc1ccc(NC(=O)c2ccn(C(F)F)n2)c([N+](=O)[O-])c1. The zero-order valence-electron chi connectivity index (χ0n) is 11.2. The van der Waals surface area contributed by atoms with Crippen LogP contribution in [0.15, 0.2) is 30.5 Å². The van der Waals surface area contributed by atoms with Crippen molar-refractivity contribution in [3.8, 4) is 5.75 Å². The first-order valence-corrected chi connectivity index (χ1v) is 5.89. The van der Waals surface area contributed by atoms with Crippen LogP contribution < -0.4 is 10.1 Å². The fourth-order valence-corrected chi connectivity index (χ4v) is 1.65. The molecule has 2 rings (SSSR count). The number of rotatable bonds is 5. The van der Waals surface area contributed by atoms with Gasteiger partial charge in [-0.25, -0.2) is 4.68 Å². The van der Waals surface area contributed by atoms with Crippen LogP contribution in [0.1, 0.15) is 17.0 Å². The topological polar surface area (TPSA) is 99.3 Å². The maximum absolute atomic E-state index is 12.4. The molecule has 0 spiro atoms. The molecule has 1 N–H and O–H groups in total. The van der Waals surface area contributed by atoms with Crippen molar-refractivity contribution in [2.45, 2.75) is 6.55 Å². The van der Waals surface area contributed by atoms with E-state index in [9.17, 15) is 23.7 Å². The number of nitrogens with one attached hydrogen (secondary N) is 1. The lowest BCUT2D eigenvalue weighted by Crippen LogP contribution is -2.14. The second-order valence-corrected chi connectivity index (χ2v) is 4.05. The largest absolute Gasteiger partial charge is 0.496 e. The minimum atomic E-state index is -2.88. The molecule has 0 saturated heterocycles. The molecule has 0 radical (unpaired) electrons. The van der Waals surface area contributed by atoms with Crippen LogP contribution >= 0.6 is 0 Å². The first kappa shape index (κ1) is 15.4. The molecule has 2 aromatic rings. The Hall–Kier alpha value is -3.04. The number of nitro groups is 1. The molecule has 0 aliphatic rings. The number of carbonyl (C=O) groups excluding carboxylic acids is 1. The van der Waals surface area contributed by atoms with E-state index in [4.69, 9.17) is 4.74 Å². The summed E-state index contributed by atoms with van der Waals surface area (Å²) in [5.41, 5.74) is -0.770. The molecule has 1 aromatic carbocycles. The van der Waals surface area contributed by atoms with E-state index in [2.05, 4.69) is 10.4 Å². The zero-order chi connectivity index (χ0) is 16.3. The fraction of sp³-hybridized carbons (Fsp3) is 0.167. The first-order chi connectivity index (χ1) is 10.4. The van der Waals surface area contributed by atoms with E-state index in [-0.39, 0.29) is 22.8 Å². The number of benzene rings is 1. The standard InChI is InChI=1S/C12H10F2N4O4/c1-22-7-2-3-8(10(6-7)18(20)21)15-11(19)9-4-5-17(16-9)12(13)14/h2-6,12H,1H3,(H,15,19). The van der Waals surface area contributed by atoms with Crippen molar-refractivity contribution in [2.75, 3.05) is 12.4 Å². The van der Waals surface area contributed by atoms with Crippen molar-refractivity contribution >= 4 is 17.3 Å². The predicted molar refractivity (Wildman–Crippen MR) is 71.1 cm³/mol. The number of aromatic nitrogens is 2. The molecule has 0 fully saturated rings. The van der Waals surface area contributed by atoms with Crippen molar-refractivity contribution in [1.29, 1.82) is 0 Å². The van der Waals surface area contributed by atoms with Gasteiger partial charge in [-0.15, -0.1) is 0 Å². The van der Waals surface area contributed by atoms with Crippen LogP contribution in [0.5, 0.6) is 5.75 Å². The van der Waals surface area contributed by atoms with Gasteiger partial charge < -0.3 is 10.1 Å². The molecule has 0 aliphatic carbocycles. The van der Waals surface area contributed by atoms with Crippen LogP contribution in [0, 0.1) is 10.1 Å². The van der Waals surface area contributed by atoms with E-state index in [1.165, 1.54) is 19.2 Å². The monoisotopic (exact) mass is 312 g/mol. The molecule has 0 bridgehead atoms. The van der Waals surface area contributed by atoms with Gasteiger partial charge in [0, 0.05) is 6.20 Å². The van der Waals surface area contributed by atoms with E-state index in [1.54, 1.807) is 0 Å². The summed E-state index contributed by atoms with van der Waals surface area (Å²) in [6.45, 7) is -2.88. The van der Waals surface area contributed by atoms with Gasteiger partial charge in [0.15, 0.2) is 5.69 Å². The Balaban J connectivity index is 2.25. The highest BCUT2D eigenvalue weighted by Crippen LogP contribution is 2.29. The van der Waals surface area contributed by atoms with Gasteiger partial charge in [0.25, 0.3) is 11.6 Å². The lowest BCUT2D eigenvalue weighted by atomic mass is 10.2. The van der Waals surface area contributed by atoms with Crippen molar-refractivity contribution in [1.82, 2.24) is 9.78 Å². The summed E-state index contributed by atoms with van der Waals surface area (Å²) in [5, 5.41) is 16.6. The highest BCUT2D eigenvalue weighted by molar-refractivity contribution is 6.04. The molecule has 116 valence electrons. The number of carbonyl (C=O) groups is 1. The maximum atomic E-state index is 12.4. The van der Waals surface area contributed by atoms with Crippen LogP contribution in [-0.4, -0.2) is 27.7 Å². The maximum Gasteiger partial charge on any atom is 0.333 e. The third-order valence-electron chi connectivity index (χ3n) is 2.69. The summed E-state index contributed by atoms with van der Waals surface area (Å²) in [6, 6.07) is 4.91. The number of anilines is 1. The Morgan fingerprint density at radius 1 is 1.45 bits per heavy atom. The van der Waals surface area contributed by atoms with Crippen LogP contribution in [-0.2, 0) is 0 Å². The van der Waals surface area contributed by atoms with E-state index < -0.39 is 17.4 Å². The third-order valence-corrected chi connectivity index (χ3v) is 2.69. The van der Waals surface area contributed by atoms with Gasteiger partial charge in [-0.3, -0.25) is 14.9 Å². The smallest absolute Gasteiger partial charge is 0.333 e. The second-order valence-electron chi connectivity index (χ2n) is 4.05. The van der Waals surface area contributed by atoms with Crippen LogP contribution in [0.25, 0.3) is 0 Å². The summed E-state index contributed by atoms with van der Waals surface area (Å²) in [7, 11) is 1.34. The van der Waals surface area contributed by atoms with Crippen molar-refractivity contribution in [3.63, 3.8) is 0 Å². The number of hydrogen-bond acceptors (Lipinski definition) is 5. The van der Waals surface area contributed by atoms with E-state index >= 15 is 0 Å². The molecular formula is C12H10F2N4O4. The van der Waals surface area contributed by atoms with Crippen LogP contribution in [0.2, 0.25) is 0 Å². The first-order valence-electron chi connectivity index (χ1n) is 5.89. The average molecular weight is 312 g/mol. The molecule has 0 unspecified atom stereocenters. The highest BCUT2D eigenvalue weighted by Gasteiger charge is 2.19. The number of halogens is 2. The van der Waals surface area contributed by atoms with E-state index in [0.717, 1.165) is 18.3 Å². The average Bonchev–Trinajstić information content (AvgIpc) is 2.97. The summed E-state index contributed by atoms with van der Waals surface area (Å²) in [5.74, 6) is -0.598. The number of alkyl halides is 2. The summed E-state index contributed by atoms with van der Waals surface area (Å²) < 4.78 is 29.9. The molecular weight excluding hydrogens is 302 g/mol. The Labute approximate surface area is 122 Å². The Morgan fingerprint density at radius 3 is 2.73 bits per heavy atom. The Kier molecular flexibility index (Phi) is 4.30. The van der Waals surface area contributed by atoms with Gasteiger partial charge in [-0.05, 0) is 18.2 Å². The van der Waals surface area contributed by atoms with Gasteiger partial charge in [0.1, 0.15) is 11.4 Å². The number of nitro benzene ring substituents is 1. The number of nitrogens with zero attached hydrogens (tertiary/aromatic N) is 3. The fourth-order valence-electron chi connectivity index (χ4n) is 1.65. The molecule has 0 aliphatic heterocycles. The van der Waals surface area contributed by atoms with E-state index in [0.29, 0.717) is 4.68 Å². The number of hydrogen-bond donors (Lipinski definition) is 1. The van der Waals surface area contributed by atoms with Crippen molar-refractivity contribution in [2.24, 2.45) is 0 Å². The number of methoxy groups -OCH3 is 1. The molecule has 1 amide bonds. The predicted octanol–water partition coefficient (Wildman–Crippen LogP) is 2.45. The second kappa shape index (κ2) is 6.16. The molecule has 1 aromatic heterocycles. The van der Waals surface area contributed by atoms with Crippen LogP contribution in [0.4, 0.5) is 20.2 Å². The summed E-state index contributed by atoms with van der Waals surface area (Å²) >= 11 is 0. The molecule has 10 heteroatoms. The normalized spacial score (nSPS) is 10.5. The van der Waals surface area contributed by atoms with Gasteiger partial charge in [0.2, 0.25) is 0 Å². The van der Waals surface area contributed by atoms with E-state index in [1.807, 2.05) is 0 Å². The third kappa shape index (κ3) is 3.16. The molecule has 1 heterocycles. The summed E-state index contributed by atoms with van der Waals surface area (Å²) in [4.78, 5) is 22.2. The van der Waals surface area contributed by atoms with Gasteiger partial charge in [-0.2, -0.15) is 13.9 Å². The molecule has 0 atom stereocenters. The van der Waals surface area contributed by atoms with Gasteiger partial charge >= 0.3 is 6.55 Å². The minimum Gasteiger partial charge on any atom is -0.496 e. The number of ether oxygens (including phenoxy) is 1. The molecule has 0 saturated carbocycles. The van der Waals surface area contributed by atoms with Crippen molar-refractivity contribution < 1.29 is 23.2 Å². The molecule has 22 heavy (non-hydrogen) atoms.